The average Bonchev–Trinajstić information content (AvgIpc) is 1.68. The van der Waals surface area contributed by atoms with Crippen LogP contribution < -0.4 is 10.6 Å². The molecule has 0 aromatic heterocycles. The van der Waals surface area contributed by atoms with Gasteiger partial charge in [0.25, 0.3) is 0 Å². The summed E-state index contributed by atoms with van der Waals surface area (Å²) in [6, 6.07) is 19.0. The van der Waals surface area contributed by atoms with Gasteiger partial charge >= 0.3 is 12.2 Å². The first-order chi connectivity index (χ1) is 38.0. The van der Waals surface area contributed by atoms with Gasteiger partial charge < -0.3 is 98.5 Å². The minimum atomic E-state index is -0.972. The number of benzene rings is 2. The number of fused-ring (bicyclic) bond motifs is 5. The molecule has 492 valence electrons. The number of ether oxygens (including phenoxy) is 13. The van der Waals surface area contributed by atoms with Gasteiger partial charge in [0.05, 0.1) is 36.4 Å². The predicted molar refractivity (Wildman–Crippen MR) is 298 cm³/mol. The molecule has 0 unspecified atom stereocenters. The predicted octanol–water partition coefficient (Wildman–Crippen LogP) is 8.76. The monoisotopic (exact) mass is 2260 g/mol. The maximum atomic E-state index is 12.3. The molecule has 5 aliphatic heterocycles. The number of hydrogen-bond donors (Lipinski definition) is 2. The smallest absolute Gasteiger partial charge is 0.408 e. The molecule has 4 radical (unpaired) electrons. The zero-order valence-electron chi connectivity index (χ0n) is 53.0. The van der Waals surface area contributed by atoms with E-state index in [1.54, 1.807) is 42.7 Å². The molecule has 5 saturated heterocycles. The fourth-order valence-corrected chi connectivity index (χ4v) is 13.9. The maximum Gasteiger partial charge on any atom is 0.408 e. The summed E-state index contributed by atoms with van der Waals surface area (Å²) >= 11 is 0. The summed E-state index contributed by atoms with van der Waals surface area (Å²) in [6.45, 7) is 4.14. The Labute approximate surface area is 678 Å². The third-order valence-electron chi connectivity index (χ3n) is 18.8. The zero-order chi connectivity index (χ0) is 56.6. The fourth-order valence-electron chi connectivity index (χ4n) is 13.9. The number of ketones is 2. The number of carbonyl (C=O) groups is 4. The van der Waals surface area contributed by atoms with E-state index in [2.05, 4.69) is 17.6 Å². The minimum absolute atomic E-state index is 0. The number of rotatable bonds is 12. The van der Waals surface area contributed by atoms with E-state index in [1.807, 2.05) is 60.7 Å². The van der Waals surface area contributed by atoms with E-state index in [4.69, 9.17) is 73.0 Å². The standard InChI is InChI=1S/C17H23NO5.C15H17NO4.C10H18O3.C9H16NO3.C7H10NO2.2CH3.2U.2V.2W.2Y/c1-20-17(21-2)12-23-14-9-6-10-16(14,17)18-15(19)22-11-13-7-4-3-5-8-13;17-12-10-19-13-7-4-8-15(12,13)16-14(18)20-9-11-5-2-1-3-6-11;1-9-6-4-5-8(9)13-7-10(9,11-2)12-3;1-11-9(12-2)6-13-7-4-3-5-8(7,9)10;8-7-3-1-2-6(7)10-4-5(7)9;;;;;;;;;;/h3-5,7-8,14H,6,9-12H2,1-2H3,(H,18,19);1-3,5-6,13H,4,7-10H2,(H,16,18);8H,4-7H2,1-3H3;7,10H,3-6H2,1-2H3;6,8H,1-4H2;2*1H3;;;;;;;;/q;;;4*-1;;;;;;;;/t14-,16-;13-,15+;8-,9+;7-,8-;6-,7+;;;;;;;;;;/m11111........../s1. The Bertz CT molecular complexity index is 2370. The van der Waals surface area contributed by atoms with Crippen LogP contribution in [0.15, 0.2) is 60.7 Å². The normalized spacial score (nSPS) is 31.2. The second-order valence-corrected chi connectivity index (χ2v) is 22.5. The Morgan fingerprint density at radius 3 is 1.46 bits per heavy atom. The summed E-state index contributed by atoms with van der Waals surface area (Å²) in [5.74, 6) is -2.38. The molecule has 12 rings (SSSR count). The van der Waals surface area contributed by atoms with Gasteiger partial charge in [-0.05, 0) is 92.8 Å². The van der Waals surface area contributed by atoms with E-state index in [0.29, 0.717) is 38.8 Å². The van der Waals surface area contributed by atoms with Gasteiger partial charge in [-0.3, -0.25) is 9.59 Å². The number of carbonyl (C=O) groups excluding carboxylic acids is 4. The first-order valence-electron chi connectivity index (χ1n) is 27.9. The van der Waals surface area contributed by atoms with E-state index < -0.39 is 51.7 Å². The molecule has 89 heavy (non-hydrogen) atoms. The molecule has 10 aliphatic rings. The Balaban J connectivity index is -0.00000104. The number of amides is 2. The quantitative estimate of drug-likeness (QED) is 0.149. The third kappa shape index (κ3) is 20.0. The van der Waals surface area contributed by atoms with Gasteiger partial charge in [-0.1, -0.05) is 93.3 Å². The van der Waals surface area contributed by atoms with Crippen molar-refractivity contribution in [2.24, 2.45) is 5.41 Å². The van der Waals surface area contributed by atoms with Crippen molar-refractivity contribution in [1.29, 1.82) is 0 Å². The summed E-state index contributed by atoms with van der Waals surface area (Å²) in [5.41, 5.74) is 14.9. The molecule has 2 aromatic rings. The van der Waals surface area contributed by atoms with Crippen molar-refractivity contribution in [3.8, 4) is 0 Å². The van der Waals surface area contributed by atoms with Crippen LogP contribution in [0.4, 0.5) is 9.59 Å². The van der Waals surface area contributed by atoms with Crippen molar-refractivity contribution in [1.82, 2.24) is 10.6 Å². The molecule has 2 amide bonds. The summed E-state index contributed by atoms with van der Waals surface area (Å²) in [5, 5.41) is 5.72. The van der Waals surface area contributed by atoms with Crippen LogP contribution in [0.25, 0.3) is 11.5 Å². The first kappa shape index (κ1) is 95.8. The van der Waals surface area contributed by atoms with E-state index in [0.717, 1.165) is 88.2 Å². The van der Waals surface area contributed by atoms with Crippen LogP contribution >= 0.6 is 0 Å². The number of methoxy groups -OCH3 is 6. The van der Waals surface area contributed by atoms with Gasteiger partial charge in [-0.15, -0.1) is 0 Å². The third-order valence-corrected chi connectivity index (χ3v) is 18.8. The van der Waals surface area contributed by atoms with Crippen LogP contribution in [0.5, 0.6) is 0 Å². The molecule has 29 heteroatoms. The molecule has 5 aliphatic carbocycles. The van der Waals surface area contributed by atoms with Gasteiger partial charge in [0.15, 0.2) is 17.4 Å². The summed E-state index contributed by atoms with van der Waals surface area (Å²) in [4.78, 5) is 47.3. The Kier molecular flexibility index (Phi) is 46.0. The second kappa shape index (κ2) is 42.7. The Morgan fingerprint density at radius 1 is 0.506 bits per heavy atom. The average molecular weight is 2260 g/mol. The van der Waals surface area contributed by atoms with Crippen molar-refractivity contribution in [2.75, 3.05) is 75.7 Å². The van der Waals surface area contributed by atoms with E-state index in [1.165, 1.54) is 6.42 Å². The Morgan fingerprint density at radius 2 is 0.910 bits per heavy atom. The Hall–Kier alpha value is 2.66. The topological polar surface area (TPSA) is 260 Å². The molecule has 0 spiro atoms. The van der Waals surface area contributed by atoms with Gasteiger partial charge in [0, 0.05) is 256 Å². The zero-order valence-corrected chi connectivity index (χ0v) is 75.7. The van der Waals surface area contributed by atoms with Crippen molar-refractivity contribution in [2.45, 2.75) is 186 Å². The van der Waals surface area contributed by atoms with Crippen LogP contribution in [-0.4, -0.2) is 169 Å². The van der Waals surface area contributed by atoms with Crippen LogP contribution in [0.1, 0.15) is 114 Å². The minimum Gasteiger partial charge on any atom is -0.665 e. The van der Waals surface area contributed by atoms with Crippen molar-refractivity contribution >= 4 is 23.8 Å². The molecule has 21 nitrogen and oxygen atoms in total. The number of nitrogens with one attached hydrogen (secondary N) is 4. The molecule has 2 aromatic carbocycles. The summed E-state index contributed by atoms with van der Waals surface area (Å²) in [7, 11) is 9.74. The summed E-state index contributed by atoms with van der Waals surface area (Å²) < 4.78 is 71.1. The van der Waals surface area contributed by atoms with Crippen molar-refractivity contribution < 1.29 is 288 Å². The van der Waals surface area contributed by atoms with E-state index >= 15 is 0 Å². The van der Waals surface area contributed by atoms with Gasteiger partial charge in [-0.25, -0.2) is 9.59 Å². The summed E-state index contributed by atoms with van der Waals surface area (Å²) in [6.07, 6.45) is 12.6. The van der Waals surface area contributed by atoms with E-state index in [9.17, 15) is 19.2 Å². The molecule has 5 heterocycles. The van der Waals surface area contributed by atoms with Crippen LogP contribution in [0, 0.1) is 82.5 Å². The number of hydrogen-bond acceptors (Lipinski definition) is 17. The fraction of sp³-hybridized carbons (Fsp3) is 0.700. The van der Waals surface area contributed by atoms with Crippen LogP contribution in [-0.2, 0) is 229 Å². The molecule has 10 fully saturated rings. The van der Waals surface area contributed by atoms with E-state index in [-0.39, 0.29) is 290 Å². The van der Waals surface area contributed by atoms with Gasteiger partial charge in [-0.2, -0.15) is 0 Å². The van der Waals surface area contributed by atoms with Crippen LogP contribution in [0.2, 0.25) is 0 Å². The molecular formula is C60H90N4O17U2V2W2Y2-4. The second-order valence-electron chi connectivity index (χ2n) is 22.5. The van der Waals surface area contributed by atoms with Crippen molar-refractivity contribution in [3.05, 3.63) is 98.1 Å². The van der Waals surface area contributed by atoms with Gasteiger partial charge in [0.1, 0.15) is 56.5 Å². The molecule has 4 N–H and O–H groups in total. The molecular weight excluding hydrogens is 2170 g/mol. The van der Waals surface area contributed by atoms with Crippen molar-refractivity contribution in [3.63, 3.8) is 0 Å². The van der Waals surface area contributed by atoms with Crippen LogP contribution in [0.3, 0.4) is 0 Å². The number of Topliss-reactive ketones (excluding diaryl/α,β-unsaturated/α-hetero) is 2. The maximum absolute atomic E-state index is 12.3. The van der Waals surface area contributed by atoms with Gasteiger partial charge in [0.2, 0.25) is 5.79 Å². The molecule has 5 saturated carbocycles. The molecule has 0 bridgehead atoms. The SMILES string of the molecule is COC1(OC)CO[C@@H]2CCC[C@@]21C.COC1(OC)CO[C@@H]2CCC[C@@]21NC(=O)OCc1ccccc1.COC1(OC)CO[C@@H]2CCC[C@@]21[NH-].O=C(N[C@]12CCC[C@H]1OCC2=O)OCc1ccccc1.[CH3-].[CH3-].[NH-][C@]12CCC[C@H]1OCC2=O.[U].[U].[V].[V].[W].[W].[Y].[Y]. The number of alkyl carbamates (subject to hydrolysis) is 2. The largest absolute Gasteiger partial charge is 0.665 e. The molecule has 10 atom stereocenters. The first-order valence-corrected chi connectivity index (χ1v) is 27.9.